The average molecular weight is 229 g/mol. The molecule has 0 aliphatic heterocycles. The first kappa shape index (κ1) is 9.96. The third-order valence-electron chi connectivity index (χ3n) is 2.52. The first-order valence-corrected chi connectivity index (χ1v) is 5.05. The summed E-state index contributed by atoms with van der Waals surface area (Å²) in [4.78, 5) is 7.32. The Morgan fingerprint density at radius 3 is 2.76 bits per heavy atom. The molecule has 0 saturated carbocycles. The molecule has 0 aliphatic rings. The van der Waals surface area contributed by atoms with Crippen molar-refractivity contribution in [2.24, 2.45) is 0 Å². The largest absolute Gasteiger partial charge is 0.338 e. The summed E-state index contributed by atoms with van der Waals surface area (Å²) in [6.07, 6.45) is 0. The van der Waals surface area contributed by atoms with E-state index in [2.05, 4.69) is 16.0 Å². The molecule has 2 aromatic carbocycles. The van der Waals surface area contributed by atoms with E-state index in [1.807, 2.05) is 6.07 Å². The first-order chi connectivity index (χ1) is 8.24. The molecular formula is C13H7F2N2. The van der Waals surface area contributed by atoms with E-state index in [4.69, 9.17) is 0 Å². The van der Waals surface area contributed by atoms with Crippen LogP contribution in [0.15, 0.2) is 36.4 Å². The van der Waals surface area contributed by atoms with Crippen molar-refractivity contribution in [1.82, 2.24) is 9.97 Å². The first-order valence-electron chi connectivity index (χ1n) is 5.05. The van der Waals surface area contributed by atoms with Crippen molar-refractivity contribution in [2.75, 3.05) is 0 Å². The molecule has 0 aliphatic carbocycles. The molecular weight excluding hydrogens is 222 g/mol. The number of imidazole rings is 1. The summed E-state index contributed by atoms with van der Waals surface area (Å²) < 4.78 is 25.9. The molecule has 83 valence electrons. The maximum absolute atomic E-state index is 13.1. The predicted molar refractivity (Wildman–Crippen MR) is 60.3 cm³/mol. The van der Waals surface area contributed by atoms with Gasteiger partial charge in [-0.1, -0.05) is 6.07 Å². The van der Waals surface area contributed by atoms with Gasteiger partial charge in [-0.3, -0.25) is 0 Å². The molecule has 3 rings (SSSR count). The fourth-order valence-electron chi connectivity index (χ4n) is 1.68. The van der Waals surface area contributed by atoms with Gasteiger partial charge in [-0.15, -0.1) is 0 Å². The van der Waals surface area contributed by atoms with Gasteiger partial charge in [-0.25, -0.2) is 13.8 Å². The molecule has 1 radical (unpaired) electrons. The normalized spacial score (nSPS) is 10.9. The number of rotatable bonds is 1. The molecule has 0 unspecified atom stereocenters. The van der Waals surface area contributed by atoms with Crippen LogP contribution in [0.5, 0.6) is 0 Å². The number of hydrogen-bond acceptors (Lipinski definition) is 1. The van der Waals surface area contributed by atoms with Crippen LogP contribution in [-0.2, 0) is 0 Å². The van der Waals surface area contributed by atoms with Crippen LogP contribution in [0.2, 0.25) is 0 Å². The van der Waals surface area contributed by atoms with Crippen molar-refractivity contribution in [1.29, 1.82) is 0 Å². The van der Waals surface area contributed by atoms with Gasteiger partial charge in [0, 0.05) is 5.56 Å². The minimum Gasteiger partial charge on any atom is -0.338 e. The van der Waals surface area contributed by atoms with Crippen LogP contribution in [0.25, 0.3) is 22.4 Å². The molecule has 1 N–H and O–H groups in total. The number of aromatic amines is 1. The Hall–Kier alpha value is -2.23. The lowest BCUT2D eigenvalue weighted by molar-refractivity contribution is 0.509. The number of fused-ring (bicyclic) bond motifs is 1. The third-order valence-corrected chi connectivity index (χ3v) is 2.52. The van der Waals surface area contributed by atoms with E-state index in [1.54, 1.807) is 12.1 Å². The molecule has 0 spiro atoms. The molecule has 0 atom stereocenters. The van der Waals surface area contributed by atoms with Gasteiger partial charge in [0.15, 0.2) is 11.6 Å². The van der Waals surface area contributed by atoms with Crippen molar-refractivity contribution < 1.29 is 8.78 Å². The minimum absolute atomic E-state index is 0.513. The number of benzene rings is 2. The number of nitrogens with one attached hydrogen (secondary N) is 1. The van der Waals surface area contributed by atoms with Crippen LogP contribution in [0, 0.1) is 17.7 Å². The zero-order valence-electron chi connectivity index (χ0n) is 8.67. The smallest absolute Gasteiger partial charge is 0.159 e. The molecule has 0 saturated heterocycles. The second-order valence-corrected chi connectivity index (χ2v) is 3.66. The van der Waals surface area contributed by atoms with Crippen LogP contribution < -0.4 is 0 Å². The summed E-state index contributed by atoms with van der Waals surface area (Å²) in [6.45, 7) is 0. The zero-order chi connectivity index (χ0) is 11.8. The maximum atomic E-state index is 13.1. The van der Waals surface area contributed by atoms with Gasteiger partial charge in [0.2, 0.25) is 0 Å². The van der Waals surface area contributed by atoms with E-state index in [-0.39, 0.29) is 0 Å². The van der Waals surface area contributed by atoms with Crippen molar-refractivity contribution in [3.8, 4) is 11.4 Å². The Morgan fingerprint density at radius 2 is 2.00 bits per heavy atom. The van der Waals surface area contributed by atoms with Gasteiger partial charge in [0.1, 0.15) is 5.82 Å². The van der Waals surface area contributed by atoms with Gasteiger partial charge in [-0.05, 0) is 36.4 Å². The van der Waals surface area contributed by atoms with Crippen molar-refractivity contribution in [2.45, 2.75) is 0 Å². The Labute approximate surface area is 95.9 Å². The van der Waals surface area contributed by atoms with Crippen molar-refractivity contribution in [3.05, 3.63) is 54.1 Å². The molecule has 17 heavy (non-hydrogen) atoms. The molecule has 0 bridgehead atoms. The summed E-state index contributed by atoms with van der Waals surface area (Å²) in [5.41, 5.74) is 2.09. The van der Waals surface area contributed by atoms with Crippen LogP contribution in [0.4, 0.5) is 8.78 Å². The van der Waals surface area contributed by atoms with E-state index in [0.717, 1.165) is 23.2 Å². The Kier molecular flexibility index (Phi) is 2.14. The van der Waals surface area contributed by atoms with Gasteiger partial charge < -0.3 is 4.98 Å². The van der Waals surface area contributed by atoms with Crippen molar-refractivity contribution in [3.63, 3.8) is 0 Å². The molecule has 2 nitrogen and oxygen atoms in total. The number of aromatic nitrogens is 2. The fraction of sp³-hybridized carbons (Fsp3) is 0. The standard InChI is InChI=1S/C13H7F2N2/c14-9-6-5-8(7-10(9)15)13-16-11-3-1-2-4-12(11)17-13/h1,3-7H,(H,16,17). The summed E-state index contributed by atoms with van der Waals surface area (Å²) in [5, 5.41) is 0. The maximum Gasteiger partial charge on any atom is 0.159 e. The van der Waals surface area contributed by atoms with Gasteiger partial charge in [-0.2, -0.15) is 0 Å². The van der Waals surface area contributed by atoms with Crippen LogP contribution in [0.1, 0.15) is 0 Å². The van der Waals surface area contributed by atoms with E-state index >= 15 is 0 Å². The SMILES string of the molecule is Fc1ccc(-c2nc3c[c]ccc3[nH]2)cc1F. The van der Waals surface area contributed by atoms with Gasteiger partial charge >= 0.3 is 0 Å². The van der Waals surface area contributed by atoms with Crippen LogP contribution in [0.3, 0.4) is 0 Å². The minimum atomic E-state index is -0.880. The zero-order valence-corrected chi connectivity index (χ0v) is 8.67. The lowest BCUT2D eigenvalue weighted by Gasteiger charge is -1.97. The number of hydrogen-bond donors (Lipinski definition) is 1. The lowest BCUT2D eigenvalue weighted by atomic mass is 10.2. The molecule has 4 heteroatoms. The fourth-order valence-corrected chi connectivity index (χ4v) is 1.68. The van der Waals surface area contributed by atoms with E-state index in [9.17, 15) is 8.78 Å². The number of H-pyrrole nitrogens is 1. The van der Waals surface area contributed by atoms with Crippen molar-refractivity contribution >= 4 is 11.0 Å². The molecule has 1 heterocycles. The number of nitrogens with zero attached hydrogens (tertiary/aromatic N) is 1. The summed E-state index contributed by atoms with van der Waals surface area (Å²) in [7, 11) is 0. The Balaban J connectivity index is 2.17. The monoisotopic (exact) mass is 229 g/mol. The highest BCUT2D eigenvalue weighted by Crippen LogP contribution is 2.21. The van der Waals surface area contributed by atoms with E-state index < -0.39 is 11.6 Å². The molecule has 0 amide bonds. The lowest BCUT2D eigenvalue weighted by Crippen LogP contribution is -1.86. The second kappa shape index (κ2) is 3.66. The number of halogens is 2. The summed E-state index contributed by atoms with van der Waals surface area (Å²) in [6, 6.07) is 11.9. The second-order valence-electron chi connectivity index (χ2n) is 3.66. The van der Waals surface area contributed by atoms with E-state index in [1.165, 1.54) is 6.07 Å². The highest BCUT2D eigenvalue weighted by Gasteiger charge is 2.08. The predicted octanol–water partition coefficient (Wildman–Crippen LogP) is 3.31. The van der Waals surface area contributed by atoms with Gasteiger partial charge in [0.25, 0.3) is 0 Å². The highest BCUT2D eigenvalue weighted by atomic mass is 19.2. The van der Waals surface area contributed by atoms with E-state index in [0.29, 0.717) is 11.4 Å². The van der Waals surface area contributed by atoms with Gasteiger partial charge in [0.05, 0.1) is 11.0 Å². The van der Waals surface area contributed by atoms with Crippen LogP contribution in [-0.4, -0.2) is 9.97 Å². The third kappa shape index (κ3) is 1.67. The topological polar surface area (TPSA) is 28.7 Å². The molecule has 0 fully saturated rings. The van der Waals surface area contributed by atoms with Crippen LogP contribution >= 0.6 is 0 Å². The Bertz CT molecular complexity index is 656. The molecule has 3 aromatic rings. The quantitative estimate of drug-likeness (QED) is 0.681. The summed E-state index contributed by atoms with van der Waals surface area (Å²) in [5.74, 6) is -1.23. The Morgan fingerprint density at radius 1 is 1.12 bits per heavy atom. The summed E-state index contributed by atoms with van der Waals surface area (Å²) >= 11 is 0. The molecule has 1 aromatic heterocycles. The highest BCUT2D eigenvalue weighted by molar-refractivity contribution is 5.79. The average Bonchev–Trinajstić information content (AvgIpc) is 2.76.